The molecule has 0 unspecified atom stereocenters. The van der Waals surface area contributed by atoms with Crippen LogP contribution in [0.15, 0.2) is 18.2 Å². The molecule has 3 N–H and O–H groups in total. The molecule has 0 saturated carbocycles. The highest BCUT2D eigenvalue weighted by molar-refractivity contribution is 7.90. The first kappa shape index (κ1) is 16.5. The van der Waals surface area contributed by atoms with Crippen LogP contribution >= 0.6 is 0 Å². The summed E-state index contributed by atoms with van der Waals surface area (Å²) in [4.78, 5) is 13.5. The Morgan fingerprint density at radius 1 is 1.40 bits per heavy atom. The zero-order valence-corrected chi connectivity index (χ0v) is 12.8. The quantitative estimate of drug-likeness (QED) is 0.746. The van der Waals surface area contributed by atoms with E-state index < -0.39 is 9.84 Å². The normalized spacial score (nSPS) is 11.6. The van der Waals surface area contributed by atoms with Gasteiger partial charge in [0.1, 0.15) is 9.84 Å². The number of aryl methyl sites for hydroxylation is 1. The Hall–Kier alpha value is -1.60. The number of hydrogen-bond donors (Lipinski definition) is 2. The second-order valence-corrected chi connectivity index (χ2v) is 7.25. The Kier molecular flexibility index (Phi) is 5.52. The minimum Gasteiger partial charge on any atom is -0.399 e. The molecule has 0 saturated heterocycles. The number of amides is 1. The van der Waals surface area contributed by atoms with Gasteiger partial charge in [0.15, 0.2) is 0 Å². The number of carbonyl (C=O) groups is 1. The number of nitrogens with one attached hydrogen (secondary N) is 1. The SMILES string of the molecule is Cc1ccc(N)cc1NC(=O)CN(C)CCS(C)(=O)=O. The van der Waals surface area contributed by atoms with Crippen molar-refractivity contribution in [3.05, 3.63) is 23.8 Å². The molecule has 6 nitrogen and oxygen atoms in total. The van der Waals surface area contributed by atoms with Crippen LogP contribution in [0.2, 0.25) is 0 Å². The average molecular weight is 299 g/mol. The molecule has 0 atom stereocenters. The number of sulfone groups is 1. The molecule has 1 aromatic carbocycles. The van der Waals surface area contributed by atoms with Gasteiger partial charge in [-0.2, -0.15) is 0 Å². The van der Waals surface area contributed by atoms with Crippen LogP contribution < -0.4 is 11.1 Å². The van der Waals surface area contributed by atoms with E-state index in [-0.39, 0.29) is 18.2 Å². The summed E-state index contributed by atoms with van der Waals surface area (Å²) in [5.41, 5.74) is 7.85. The number of likely N-dealkylation sites (N-methyl/N-ethyl adjacent to an activating group) is 1. The second kappa shape index (κ2) is 6.71. The lowest BCUT2D eigenvalue weighted by Gasteiger charge is -2.16. The lowest BCUT2D eigenvalue weighted by atomic mass is 10.2. The van der Waals surface area contributed by atoms with Gasteiger partial charge in [0, 0.05) is 24.2 Å². The first-order valence-corrected chi connectivity index (χ1v) is 8.25. The summed E-state index contributed by atoms with van der Waals surface area (Å²) in [5, 5.41) is 2.77. The smallest absolute Gasteiger partial charge is 0.238 e. The number of carbonyl (C=O) groups excluding carboxylic acids is 1. The standard InChI is InChI=1S/C13H21N3O3S/c1-10-4-5-11(14)8-12(10)15-13(17)9-16(2)6-7-20(3,18)19/h4-5,8H,6-7,9,14H2,1-3H3,(H,15,17). The summed E-state index contributed by atoms with van der Waals surface area (Å²) in [6, 6.07) is 5.30. The Morgan fingerprint density at radius 2 is 2.05 bits per heavy atom. The summed E-state index contributed by atoms with van der Waals surface area (Å²) in [5.74, 6) is -0.164. The predicted octanol–water partition coefficient (Wildman–Crippen LogP) is 0.492. The Balaban J connectivity index is 2.53. The lowest BCUT2D eigenvalue weighted by molar-refractivity contribution is -0.117. The molecule has 0 spiro atoms. The van der Waals surface area contributed by atoms with E-state index in [1.54, 1.807) is 24.1 Å². The van der Waals surface area contributed by atoms with Crippen LogP contribution in [0.25, 0.3) is 0 Å². The molecule has 0 aliphatic heterocycles. The average Bonchev–Trinajstić information content (AvgIpc) is 2.30. The number of nitrogens with two attached hydrogens (primary N) is 1. The van der Waals surface area contributed by atoms with Crippen LogP contribution in [0.4, 0.5) is 11.4 Å². The molecular weight excluding hydrogens is 278 g/mol. The number of hydrogen-bond acceptors (Lipinski definition) is 5. The van der Waals surface area contributed by atoms with Crippen molar-refractivity contribution in [1.82, 2.24) is 4.90 Å². The second-order valence-electron chi connectivity index (χ2n) is 4.99. The van der Waals surface area contributed by atoms with Crippen molar-refractivity contribution in [3.8, 4) is 0 Å². The minimum absolute atomic E-state index is 0.0358. The molecule has 0 aromatic heterocycles. The highest BCUT2D eigenvalue weighted by Crippen LogP contribution is 2.17. The fourth-order valence-corrected chi connectivity index (χ4v) is 2.25. The third kappa shape index (κ3) is 6.03. The van der Waals surface area contributed by atoms with Crippen molar-refractivity contribution < 1.29 is 13.2 Å². The third-order valence-corrected chi connectivity index (χ3v) is 3.72. The molecule has 0 aliphatic rings. The lowest BCUT2D eigenvalue weighted by Crippen LogP contribution is -2.33. The van der Waals surface area contributed by atoms with Gasteiger partial charge in [-0.05, 0) is 31.7 Å². The molecular formula is C13H21N3O3S. The first-order chi connectivity index (χ1) is 9.17. The van der Waals surface area contributed by atoms with Crippen molar-refractivity contribution in [2.75, 3.05) is 43.2 Å². The number of benzene rings is 1. The first-order valence-electron chi connectivity index (χ1n) is 6.19. The zero-order valence-electron chi connectivity index (χ0n) is 12.0. The zero-order chi connectivity index (χ0) is 15.3. The molecule has 0 bridgehead atoms. The van der Waals surface area contributed by atoms with E-state index >= 15 is 0 Å². The van der Waals surface area contributed by atoms with Crippen LogP contribution in [-0.4, -0.2) is 51.4 Å². The summed E-state index contributed by atoms with van der Waals surface area (Å²) in [6.07, 6.45) is 1.18. The van der Waals surface area contributed by atoms with Crippen LogP contribution in [0.5, 0.6) is 0 Å². The molecule has 1 amide bonds. The third-order valence-electron chi connectivity index (χ3n) is 2.79. The van der Waals surface area contributed by atoms with E-state index in [1.807, 2.05) is 13.0 Å². The minimum atomic E-state index is -3.02. The summed E-state index contributed by atoms with van der Waals surface area (Å²) in [7, 11) is -1.31. The largest absolute Gasteiger partial charge is 0.399 e. The van der Waals surface area contributed by atoms with Crippen LogP contribution in [0, 0.1) is 6.92 Å². The fraction of sp³-hybridized carbons (Fsp3) is 0.462. The van der Waals surface area contributed by atoms with Gasteiger partial charge in [-0.1, -0.05) is 6.07 Å². The van der Waals surface area contributed by atoms with Crippen molar-refractivity contribution in [3.63, 3.8) is 0 Å². The van der Waals surface area contributed by atoms with Gasteiger partial charge in [-0.3, -0.25) is 9.69 Å². The number of rotatable bonds is 6. The molecule has 0 radical (unpaired) electrons. The van der Waals surface area contributed by atoms with Gasteiger partial charge >= 0.3 is 0 Å². The van der Waals surface area contributed by atoms with Gasteiger partial charge in [-0.15, -0.1) is 0 Å². The molecule has 1 aromatic rings. The van der Waals surface area contributed by atoms with Gasteiger partial charge < -0.3 is 11.1 Å². The Bertz CT molecular complexity index is 585. The van der Waals surface area contributed by atoms with Crippen molar-refractivity contribution in [2.24, 2.45) is 0 Å². The number of anilines is 2. The van der Waals surface area contributed by atoms with Crippen molar-refractivity contribution in [1.29, 1.82) is 0 Å². The van der Waals surface area contributed by atoms with E-state index in [0.29, 0.717) is 17.9 Å². The molecule has 1 rings (SSSR count). The van der Waals surface area contributed by atoms with E-state index in [0.717, 1.165) is 5.56 Å². The van der Waals surface area contributed by atoms with Gasteiger partial charge in [-0.25, -0.2) is 8.42 Å². The maximum atomic E-state index is 11.9. The maximum absolute atomic E-state index is 11.9. The highest BCUT2D eigenvalue weighted by Gasteiger charge is 2.10. The van der Waals surface area contributed by atoms with Gasteiger partial charge in [0.25, 0.3) is 0 Å². The van der Waals surface area contributed by atoms with Gasteiger partial charge in [0.05, 0.1) is 12.3 Å². The monoisotopic (exact) mass is 299 g/mol. The molecule has 7 heteroatoms. The van der Waals surface area contributed by atoms with Gasteiger partial charge in [0.2, 0.25) is 5.91 Å². The van der Waals surface area contributed by atoms with Crippen LogP contribution in [0.3, 0.4) is 0 Å². The van der Waals surface area contributed by atoms with E-state index in [1.165, 1.54) is 6.26 Å². The maximum Gasteiger partial charge on any atom is 0.238 e. The fourth-order valence-electron chi connectivity index (χ4n) is 1.61. The molecule has 20 heavy (non-hydrogen) atoms. The summed E-state index contributed by atoms with van der Waals surface area (Å²) >= 11 is 0. The van der Waals surface area contributed by atoms with Crippen LogP contribution in [-0.2, 0) is 14.6 Å². The van der Waals surface area contributed by atoms with E-state index in [4.69, 9.17) is 5.73 Å². The van der Waals surface area contributed by atoms with Crippen molar-refractivity contribution >= 4 is 27.1 Å². The molecule has 0 aliphatic carbocycles. The Morgan fingerprint density at radius 3 is 2.65 bits per heavy atom. The number of nitrogens with zero attached hydrogens (tertiary/aromatic N) is 1. The van der Waals surface area contributed by atoms with E-state index in [9.17, 15) is 13.2 Å². The van der Waals surface area contributed by atoms with E-state index in [2.05, 4.69) is 5.32 Å². The van der Waals surface area contributed by atoms with Crippen LogP contribution in [0.1, 0.15) is 5.56 Å². The topological polar surface area (TPSA) is 92.5 Å². The summed E-state index contributed by atoms with van der Waals surface area (Å²) in [6.45, 7) is 2.33. The van der Waals surface area contributed by atoms with Crippen molar-refractivity contribution in [2.45, 2.75) is 6.92 Å². The number of nitrogen functional groups attached to an aromatic ring is 1. The molecule has 112 valence electrons. The summed E-state index contributed by atoms with van der Waals surface area (Å²) < 4.78 is 22.1. The predicted molar refractivity (Wildman–Crippen MR) is 81.4 cm³/mol. The highest BCUT2D eigenvalue weighted by atomic mass is 32.2. The molecule has 0 fully saturated rings. The Labute approximate surface area is 119 Å². The molecule has 0 heterocycles.